The molecule has 4 bridgehead atoms. The Morgan fingerprint density at radius 2 is 1.61 bits per heavy atom. The van der Waals surface area contributed by atoms with Crippen molar-refractivity contribution in [2.75, 3.05) is 0 Å². The highest BCUT2D eigenvalue weighted by molar-refractivity contribution is 5.89. The van der Waals surface area contributed by atoms with E-state index in [0.29, 0.717) is 24.0 Å². The maximum Gasteiger partial charge on any atom is 0.139 e. The van der Waals surface area contributed by atoms with Crippen LogP contribution in [0.15, 0.2) is 0 Å². The molecule has 3 nitrogen and oxygen atoms in total. The van der Waals surface area contributed by atoms with E-state index in [4.69, 9.17) is 0 Å². The first-order valence-electron chi connectivity index (χ1n) is 9.27. The Labute approximate surface area is 140 Å². The zero-order valence-corrected chi connectivity index (χ0v) is 15.6. The van der Waals surface area contributed by atoms with Crippen molar-refractivity contribution < 1.29 is 15.0 Å². The van der Waals surface area contributed by atoms with Gasteiger partial charge in [0, 0.05) is 11.8 Å². The summed E-state index contributed by atoms with van der Waals surface area (Å²) < 4.78 is 0. The van der Waals surface area contributed by atoms with Gasteiger partial charge in [0.25, 0.3) is 0 Å². The molecule has 0 aromatic carbocycles. The van der Waals surface area contributed by atoms with Crippen molar-refractivity contribution >= 4 is 5.78 Å². The average molecular weight is 322 g/mol. The highest BCUT2D eigenvalue weighted by Crippen LogP contribution is 2.65. The lowest BCUT2D eigenvalue weighted by molar-refractivity contribution is -0.129. The van der Waals surface area contributed by atoms with Gasteiger partial charge in [-0.2, -0.15) is 0 Å². The summed E-state index contributed by atoms with van der Waals surface area (Å²) in [5, 5.41) is 19.5. The van der Waals surface area contributed by atoms with E-state index in [1.807, 2.05) is 6.92 Å². The fraction of sp³-hybridized carbons (Fsp3) is 0.950. The molecule has 0 saturated heterocycles. The molecule has 4 saturated carbocycles. The van der Waals surface area contributed by atoms with Crippen LogP contribution < -0.4 is 0 Å². The van der Waals surface area contributed by atoms with Gasteiger partial charge in [-0.1, -0.05) is 41.5 Å². The van der Waals surface area contributed by atoms with Crippen LogP contribution in [0.25, 0.3) is 0 Å². The quantitative estimate of drug-likeness (QED) is 0.717. The second-order valence-corrected chi connectivity index (χ2v) is 10.2. The number of rotatable bonds is 0. The van der Waals surface area contributed by atoms with Crippen LogP contribution in [0.2, 0.25) is 0 Å². The van der Waals surface area contributed by atoms with E-state index in [2.05, 4.69) is 34.6 Å². The molecule has 4 fully saturated rings. The molecule has 4 rings (SSSR count). The Morgan fingerprint density at radius 3 is 1.83 bits per heavy atom. The Bertz CT molecular complexity index is 523. The fourth-order valence-corrected chi connectivity index (χ4v) is 6.16. The first-order chi connectivity index (χ1) is 10.4. The van der Waals surface area contributed by atoms with Crippen LogP contribution in [0, 0.1) is 33.5 Å². The van der Waals surface area contributed by atoms with Gasteiger partial charge in [0.15, 0.2) is 0 Å². The third kappa shape index (κ3) is 1.99. The third-order valence-corrected chi connectivity index (χ3v) is 9.20. The summed E-state index contributed by atoms with van der Waals surface area (Å²) in [5.74, 6) is 1.33. The van der Waals surface area contributed by atoms with Crippen LogP contribution in [-0.2, 0) is 4.79 Å². The molecule has 0 heterocycles. The maximum atomic E-state index is 11.6. The average Bonchev–Trinajstić information content (AvgIpc) is 2.90. The van der Waals surface area contributed by atoms with Crippen molar-refractivity contribution in [2.45, 2.75) is 85.9 Å². The highest BCUT2D eigenvalue weighted by Gasteiger charge is 2.65. The van der Waals surface area contributed by atoms with Crippen LogP contribution in [0.5, 0.6) is 0 Å². The van der Waals surface area contributed by atoms with Gasteiger partial charge in [0.1, 0.15) is 5.78 Å². The molecule has 4 aliphatic rings. The molecule has 0 amide bonds. The van der Waals surface area contributed by atoms with Crippen molar-refractivity contribution in [1.82, 2.24) is 0 Å². The Balaban J connectivity index is 0.000000136. The van der Waals surface area contributed by atoms with Gasteiger partial charge >= 0.3 is 0 Å². The number of Topliss-reactive ketones (excluding diaryl/α,β-unsaturated/α-hetero) is 1. The van der Waals surface area contributed by atoms with Gasteiger partial charge in [-0.15, -0.1) is 0 Å². The summed E-state index contributed by atoms with van der Waals surface area (Å²) >= 11 is 0. The second-order valence-electron chi connectivity index (χ2n) is 10.2. The van der Waals surface area contributed by atoms with Crippen LogP contribution >= 0.6 is 0 Å². The van der Waals surface area contributed by atoms with Crippen molar-refractivity contribution in [2.24, 2.45) is 33.5 Å². The monoisotopic (exact) mass is 322 g/mol. The topological polar surface area (TPSA) is 57.5 Å². The largest absolute Gasteiger partial charge is 0.393 e. The number of hydrogen-bond acceptors (Lipinski definition) is 3. The molecule has 0 radical (unpaired) electrons. The first kappa shape index (κ1) is 17.4. The molecule has 6 atom stereocenters. The van der Waals surface area contributed by atoms with Gasteiger partial charge in [-0.25, -0.2) is 0 Å². The zero-order chi connectivity index (χ0) is 17.4. The van der Waals surface area contributed by atoms with Crippen LogP contribution in [0.4, 0.5) is 0 Å². The smallest absolute Gasteiger partial charge is 0.139 e. The Morgan fingerprint density at radius 1 is 1.00 bits per heavy atom. The number of fused-ring (bicyclic) bond motifs is 4. The Hall–Kier alpha value is -0.410. The lowest BCUT2D eigenvalue weighted by atomic mass is 9.70. The number of carbonyl (C=O) groups excluding carboxylic acids is 1. The van der Waals surface area contributed by atoms with Gasteiger partial charge < -0.3 is 10.2 Å². The molecule has 0 aromatic rings. The second kappa shape index (κ2) is 4.82. The summed E-state index contributed by atoms with van der Waals surface area (Å²) in [6.07, 6.45) is 4.59. The Kier molecular flexibility index (Phi) is 3.65. The van der Waals surface area contributed by atoms with Crippen LogP contribution in [-0.4, -0.2) is 28.2 Å². The highest BCUT2D eigenvalue weighted by atomic mass is 16.3. The van der Waals surface area contributed by atoms with Crippen molar-refractivity contribution in [3.05, 3.63) is 0 Å². The molecular formula is C20H34O3. The first-order valence-corrected chi connectivity index (χ1v) is 9.27. The summed E-state index contributed by atoms with van der Waals surface area (Å²) in [5.41, 5.74) is 0.352. The number of ketones is 1. The van der Waals surface area contributed by atoms with Crippen molar-refractivity contribution in [3.63, 3.8) is 0 Å². The van der Waals surface area contributed by atoms with E-state index in [0.717, 1.165) is 12.3 Å². The van der Waals surface area contributed by atoms with Gasteiger partial charge in [-0.3, -0.25) is 4.79 Å². The lowest BCUT2D eigenvalue weighted by Gasteiger charge is -2.36. The molecular weight excluding hydrogens is 288 g/mol. The minimum Gasteiger partial charge on any atom is -0.393 e. The van der Waals surface area contributed by atoms with Crippen LogP contribution in [0.1, 0.15) is 73.6 Å². The number of aliphatic hydroxyl groups excluding tert-OH is 2. The maximum absolute atomic E-state index is 11.6. The van der Waals surface area contributed by atoms with E-state index in [9.17, 15) is 15.0 Å². The van der Waals surface area contributed by atoms with E-state index >= 15 is 0 Å². The van der Waals surface area contributed by atoms with Crippen LogP contribution in [0.3, 0.4) is 0 Å². The number of aliphatic hydroxyl groups is 2. The van der Waals surface area contributed by atoms with Gasteiger partial charge in [-0.05, 0) is 53.8 Å². The number of carbonyl (C=O) groups is 1. The summed E-state index contributed by atoms with van der Waals surface area (Å²) in [4.78, 5) is 11.6. The van der Waals surface area contributed by atoms with Gasteiger partial charge in [0.2, 0.25) is 0 Å². The summed E-state index contributed by atoms with van der Waals surface area (Å²) in [7, 11) is 0. The lowest BCUT2D eigenvalue weighted by Crippen LogP contribution is -2.35. The molecule has 4 aliphatic carbocycles. The molecule has 2 N–H and O–H groups in total. The molecule has 3 heteroatoms. The normalized spacial score (nSPS) is 51.7. The van der Waals surface area contributed by atoms with E-state index in [1.54, 1.807) is 0 Å². The minimum absolute atomic E-state index is 0.00347. The molecule has 132 valence electrons. The summed E-state index contributed by atoms with van der Waals surface area (Å²) in [6, 6.07) is 0. The fourth-order valence-electron chi connectivity index (χ4n) is 6.16. The van der Waals surface area contributed by atoms with E-state index < -0.39 is 0 Å². The van der Waals surface area contributed by atoms with E-state index in [1.165, 1.54) is 12.8 Å². The molecule has 23 heavy (non-hydrogen) atoms. The molecule has 0 spiro atoms. The SMILES string of the molecule is CC1(C)[C@@H]2CC[C@]1(C)[C@H](O)C2.CC12CC(O)C(CC1=O)C2(C)C. The third-order valence-electron chi connectivity index (χ3n) is 9.20. The predicted molar refractivity (Wildman–Crippen MR) is 90.9 cm³/mol. The summed E-state index contributed by atoms with van der Waals surface area (Å²) in [6.45, 7) is 13.1. The number of hydrogen-bond donors (Lipinski definition) is 2. The van der Waals surface area contributed by atoms with Crippen molar-refractivity contribution in [3.8, 4) is 0 Å². The molecule has 3 unspecified atom stereocenters. The van der Waals surface area contributed by atoms with Crippen molar-refractivity contribution in [1.29, 1.82) is 0 Å². The molecule has 0 aromatic heterocycles. The molecule has 0 aliphatic heterocycles. The van der Waals surface area contributed by atoms with E-state index in [-0.39, 0.29) is 34.4 Å². The predicted octanol–water partition coefficient (Wildman–Crippen LogP) is 3.57. The van der Waals surface area contributed by atoms with Gasteiger partial charge in [0.05, 0.1) is 12.2 Å². The standard InChI is InChI=1S/C10H16O2.C10H18O/c1-9(2)6-4-8(12)10(9,3)5-7(6)11;1-9(2)7-4-5-10(9,3)8(11)6-7/h6-7,11H,4-5H2,1-3H3;7-8,11H,4-6H2,1-3H3/t;7-,8-,10-/m.1/s1. The minimum atomic E-state index is -0.253. The zero-order valence-electron chi connectivity index (χ0n) is 15.6.